The number of aromatic nitrogens is 2. The molecule has 0 unspecified atom stereocenters. The maximum absolute atomic E-state index is 11.8. The van der Waals surface area contributed by atoms with Gasteiger partial charge in [-0.25, -0.2) is 4.98 Å². The number of likely N-dealkylation sites (tertiary alicyclic amines) is 1. The Morgan fingerprint density at radius 2 is 2.11 bits per heavy atom. The average molecular weight is 289 g/mol. The van der Waals surface area contributed by atoms with Crippen molar-refractivity contribution in [2.75, 3.05) is 25.0 Å². The van der Waals surface area contributed by atoms with Crippen LogP contribution in [0, 0.1) is 0 Å². The van der Waals surface area contributed by atoms with E-state index >= 15 is 0 Å². The van der Waals surface area contributed by atoms with Crippen LogP contribution in [0.2, 0.25) is 10.3 Å². The van der Waals surface area contributed by atoms with Crippen LogP contribution in [0.5, 0.6) is 0 Å². The van der Waals surface area contributed by atoms with Crippen molar-refractivity contribution < 1.29 is 4.79 Å². The molecule has 7 heteroatoms. The van der Waals surface area contributed by atoms with Gasteiger partial charge >= 0.3 is 0 Å². The topological polar surface area (TPSA) is 58.1 Å². The fraction of sp³-hybridized carbons (Fsp3) is 0.545. The van der Waals surface area contributed by atoms with Gasteiger partial charge in [-0.15, -0.1) is 0 Å². The third kappa shape index (κ3) is 3.46. The number of carbonyl (C=O) groups is 1. The van der Waals surface area contributed by atoms with Gasteiger partial charge in [0.25, 0.3) is 0 Å². The Kier molecular flexibility index (Phi) is 4.60. The Labute approximate surface area is 115 Å². The summed E-state index contributed by atoms with van der Waals surface area (Å²) in [7, 11) is 0. The zero-order valence-electron chi connectivity index (χ0n) is 9.83. The van der Waals surface area contributed by atoms with Crippen molar-refractivity contribution in [3.8, 4) is 0 Å². The Bertz CT molecular complexity index is 435. The normalized spacial score (nSPS) is 14.9. The SMILES string of the molecule is O=C(CCNc1nc(Cl)ncc1Cl)N1CCCC1. The van der Waals surface area contributed by atoms with E-state index in [1.807, 2.05) is 4.90 Å². The fourth-order valence-electron chi connectivity index (χ4n) is 1.88. The second-order valence-corrected chi connectivity index (χ2v) is 4.85. The first-order chi connectivity index (χ1) is 8.66. The minimum absolute atomic E-state index is 0.132. The van der Waals surface area contributed by atoms with Gasteiger partial charge in [0.15, 0.2) is 0 Å². The molecule has 1 aliphatic rings. The van der Waals surface area contributed by atoms with Crippen LogP contribution in [0.3, 0.4) is 0 Å². The molecule has 1 N–H and O–H groups in total. The Morgan fingerprint density at radius 3 is 2.83 bits per heavy atom. The highest BCUT2D eigenvalue weighted by Crippen LogP contribution is 2.19. The van der Waals surface area contributed by atoms with Gasteiger partial charge in [-0.3, -0.25) is 4.79 Å². The Balaban J connectivity index is 1.81. The highest BCUT2D eigenvalue weighted by molar-refractivity contribution is 6.33. The highest BCUT2D eigenvalue weighted by atomic mass is 35.5. The van der Waals surface area contributed by atoms with Crippen molar-refractivity contribution in [3.05, 3.63) is 16.5 Å². The molecule has 1 aromatic rings. The molecular weight excluding hydrogens is 275 g/mol. The van der Waals surface area contributed by atoms with Gasteiger partial charge < -0.3 is 10.2 Å². The van der Waals surface area contributed by atoms with Gasteiger partial charge in [-0.2, -0.15) is 4.98 Å². The molecule has 0 radical (unpaired) electrons. The highest BCUT2D eigenvalue weighted by Gasteiger charge is 2.17. The molecule has 2 rings (SSSR count). The summed E-state index contributed by atoms with van der Waals surface area (Å²) < 4.78 is 0. The van der Waals surface area contributed by atoms with Crippen molar-refractivity contribution in [2.45, 2.75) is 19.3 Å². The van der Waals surface area contributed by atoms with Gasteiger partial charge in [-0.1, -0.05) is 11.6 Å². The molecule has 98 valence electrons. The standard InChI is InChI=1S/C11H14Cl2N4O/c12-8-7-15-11(13)16-10(8)14-4-3-9(18)17-5-1-2-6-17/h7H,1-6H2,(H,14,15,16). The minimum Gasteiger partial charge on any atom is -0.368 e. The van der Waals surface area contributed by atoms with E-state index in [1.165, 1.54) is 6.20 Å². The molecule has 5 nitrogen and oxygen atoms in total. The van der Waals surface area contributed by atoms with Crippen LogP contribution in [0.15, 0.2) is 6.20 Å². The number of anilines is 1. The summed E-state index contributed by atoms with van der Waals surface area (Å²) >= 11 is 11.6. The second-order valence-electron chi connectivity index (χ2n) is 4.10. The van der Waals surface area contributed by atoms with Crippen LogP contribution in [-0.2, 0) is 4.79 Å². The quantitative estimate of drug-likeness (QED) is 0.863. The number of rotatable bonds is 4. The predicted octanol–water partition coefficient (Wildman–Crippen LogP) is 2.21. The van der Waals surface area contributed by atoms with E-state index < -0.39 is 0 Å². The molecular formula is C11H14Cl2N4O. The molecule has 0 saturated carbocycles. The lowest BCUT2D eigenvalue weighted by atomic mass is 10.3. The lowest BCUT2D eigenvalue weighted by molar-refractivity contribution is -0.129. The van der Waals surface area contributed by atoms with Crippen molar-refractivity contribution in [3.63, 3.8) is 0 Å². The van der Waals surface area contributed by atoms with Crippen molar-refractivity contribution >= 4 is 34.9 Å². The molecule has 1 amide bonds. The molecule has 1 aromatic heterocycles. The third-order valence-corrected chi connectivity index (χ3v) is 3.26. The first kappa shape index (κ1) is 13.4. The van der Waals surface area contributed by atoms with E-state index in [0.717, 1.165) is 25.9 Å². The second kappa shape index (κ2) is 6.20. The monoisotopic (exact) mass is 288 g/mol. The first-order valence-electron chi connectivity index (χ1n) is 5.86. The maximum Gasteiger partial charge on any atom is 0.224 e. The summed E-state index contributed by atoms with van der Waals surface area (Å²) in [6, 6.07) is 0. The molecule has 0 bridgehead atoms. The van der Waals surface area contributed by atoms with Crippen molar-refractivity contribution in [1.29, 1.82) is 0 Å². The fourth-order valence-corrected chi connectivity index (χ4v) is 2.17. The van der Waals surface area contributed by atoms with E-state index in [9.17, 15) is 4.79 Å². The Hall–Kier alpha value is -1.07. The first-order valence-corrected chi connectivity index (χ1v) is 6.62. The summed E-state index contributed by atoms with van der Waals surface area (Å²) in [6.45, 7) is 2.24. The van der Waals surface area contributed by atoms with Crippen molar-refractivity contribution in [2.24, 2.45) is 0 Å². The smallest absolute Gasteiger partial charge is 0.224 e. The van der Waals surface area contributed by atoms with Gasteiger partial charge in [0.2, 0.25) is 11.2 Å². The summed E-state index contributed by atoms with van der Waals surface area (Å²) in [5, 5.41) is 3.52. The molecule has 0 atom stereocenters. The molecule has 2 heterocycles. The van der Waals surface area contributed by atoms with Crippen LogP contribution in [0.1, 0.15) is 19.3 Å². The molecule has 1 aliphatic heterocycles. The van der Waals surface area contributed by atoms with Gasteiger partial charge in [0.1, 0.15) is 10.8 Å². The molecule has 18 heavy (non-hydrogen) atoms. The van der Waals surface area contributed by atoms with Crippen LogP contribution in [0.25, 0.3) is 0 Å². The van der Waals surface area contributed by atoms with E-state index in [2.05, 4.69) is 15.3 Å². The number of halogens is 2. The van der Waals surface area contributed by atoms with Crippen LogP contribution < -0.4 is 5.32 Å². The van der Waals surface area contributed by atoms with Gasteiger partial charge in [0.05, 0.1) is 6.20 Å². The summed E-state index contributed by atoms with van der Waals surface area (Å²) in [5.41, 5.74) is 0. The number of nitrogens with zero attached hydrogens (tertiary/aromatic N) is 3. The molecule has 1 saturated heterocycles. The average Bonchev–Trinajstić information content (AvgIpc) is 2.87. The van der Waals surface area contributed by atoms with Crippen LogP contribution >= 0.6 is 23.2 Å². The van der Waals surface area contributed by atoms with Crippen molar-refractivity contribution in [1.82, 2.24) is 14.9 Å². The summed E-state index contributed by atoms with van der Waals surface area (Å²) in [6.07, 6.45) is 4.07. The van der Waals surface area contributed by atoms with Gasteiger partial charge in [0, 0.05) is 26.1 Å². The number of hydrogen-bond acceptors (Lipinski definition) is 4. The van der Waals surface area contributed by atoms with Crippen LogP contribution in [0.4, 0.5) is 5.82 Å². The van der Waals surface area contributed by atoms with E-state index in [-0.39, 0.29) is 11.2 Å². The molecule has 0 aromatic carbocycles. The van der Waals surface area contributed by atoms with E-state index in [4.69, 9.17) is 23.2 Å². The van der Waals surface area contributed by atoms with Gasteiger partial charge in [-0.05, 0) is 24.4 Å². The molecule has 0 spiro atoms. The minimum atomic E-state index is 0.132. The lowest BCUT2D eigenvalue weighted by Crippen LogP contribution is -2.29. The number of nitrogens with one attached hydrogen (secondary N) is 1. The van der Waals surface area contributed by atoms with E-state index in [1.54, 1.807) is 0 Å². The van der Waals surface area contributed by atoms with Crippen LogP contribution in [-0.4, -0.2) is 40.4 Å². The lowest BCUT2D eigenvalue weighted by Gasteiger charge is -2.15. The maximum atomic E-state index is 11.8. The summed E-state index contributed by atoms with van der Waals surface area (Å²) in [4.78, 5) is 21.4. The summed E-state index contributed by atoms with van der Waals surface area (Å²) in [5.74, 6) is 0.627. The Morgan fingerprint density at radius 1 is 1.39 bits per heavy atom. The zero-order chi connectivity index (χ0) is 13.0. The zero-order valence-corrected chi connectivity index (χ0v) is 11.3. The molecule has 1 fully saturated rings. The third-order valence-electron chi connectivity index (χ3n) is 2.80. The largest absolute Gasteiger partial charge is 0.368 e. The number of carbonyl (C=O) groups excluding carboxylic acids is 1. The number of amides is 1. The predicted molar refractivity (Wildman–Crippen MR) is 71.0 cm³/mol. The van der Waals surface area contributed by atoms with E-state index in [0.29, 0.717) is 23.8 Å². The molecule has 0 aliphatic carbocycles. The number of hydrogen-bond donors (Lipinski definition) is 1.